The number of carbonyl (C=O) groups excluding carboxylic acids is 1. The molecule has 2 rings (SSSR count). The summed E-state index contributed by atoms with van der Waals surface area (Å²) in [6, 6.07) is 5.97. The number of hydrogen-bond acceptors (Lipinski definition) is 6. The van der Waals surface area contributed by atoms with Gasteiger partial charge in [0.1, 0.15) is 12.4 Å². The van der Waals surface area contributed by atoms with Gasteiger partial charge < -0.3 is 15.9 Å². The molecule has 0 radical (unpaired) electrons. The van der Waals surface area contributed by atoms with Crippen LogP contribution in [-0.4, -0.2) is 33.6 Å². The van der Waals surface area contributed by atoms with E-state index in [0.717, 1.165) is 16.9 Å². The van der Waals surface area contributed by atoms with Crippen LogP contribution in [0.2, 0.25) is 0 Å². The van der Waals surface area contributed by atoms with E-state index in [1.807, 2.05) is 26.0 Å². The van der Waals surface area contributed by atoms with Crippen molar-refractivity contribution in [2.75, 3.05) is 18.6 Å². The zero-order valence-electron chi connectivity index (χ0n) is 12.8. The van der Waals surface area contributed by atoms with Gasteiger partial charge in [0, 0.05) is 7.05 Å². The first-order valence-corrected chi connectivity index (χ1v) is 7.72. The number of rotatable bonds is 6. The molecule has 2 aromatic rings. The summed E-state index contributed by atoms with van der Waals surface area (Å²) in [6.07, 6.45) is 0. The van der Waals surface area contributed by atoms with Crippen molar-refractivity contribution >= 4 is 17.7 Å². The van der Waals surface area contributed by atoms with Gasteiger partial charge in [-0.3, -0.25) is 4.79 Å². The fourth-order valence-corrected chi connectivity index (χ4v) is 2.62. The van der Waals surface area contributed by atoms with Crippen molar-refractivity contribution in [3.8, 4) is 5.75 Å². The summed E-state index contributed by atoms with van der Waals surface area (Å²) in [7, 11) is 1.58. The predicted octanol–water partition coefficient (Wildman–Crippen LogP) is 1.03. The molecular formula is C14H19N5O2S. The van der Waals surface area contributed by atoms with Crippen molar-refractivity contribution in [3.05, 3.63) is 35.2 Å². The van der Waals surface area contributed by atoms with Gasteiger partial charge in [-0.2, -0.15) is 0 Å². The van der Waals surface area contributed by atoms with Crippen molar-refractivity contribution in [3.63, 3.8) is 0 Å². The van der Waals surface area contributed by atoms with E-state index < -0.39 is 0 Å². The minimum Gasteiger partial charge on any atom is -0.486 e. The van der Waals surface area contributed by atoms with Crippen LogP contribution >= 0.6 is 11.8 Å². The normalized spacial score (nSPS) is 10.5. The molecule has 0 atom stereocenters. The molecule has 0 aliphatic heterocycles. The number of nitrogens with zero attached hydrogens (tertiary/aromatic N) is 3. The Hall–Kier alpha value is -2.22. The number of amides is 1. The molecule has 8 heteroatoms. The highest BCUT2D eigenvalue weighted by Gasteiger charge is 2.12. The number of nitrogen functional groups attached to an aromatic ring is 1. The summed E-state index contributed by atoms with van der Waals surface area (Å²) in [4.78, 5) is 11.2. The van der Waals surface area contributed by atoms with Crippen LogP contribution in [0.1, 0.15) is 17.0 Å². The second-order valence-corrected chi connectivity index (χ2v) is 5.79. The van der Waals surface area contributed by atoms with Crippen LogP contribution in [-0.2, 0) is 11.4 Å². The molecule has 0 aliphatic carbocycles. The third-order valence-corrected chi connectivity index (χ3v) is 3.85. The Morgan fingerprint density at radius 1 is 1.32 bits per heavy atom. The largest absolute Gasteiger partial charge is 0.486 e. The first kappa shape index (κ1) is 16.2. The molecule has 1 aromatic carbocycles. The summed E-state index contributed by atoms with van der Waals surface area (Å²) in [5.74, 6) is 7.32. The maximum absolute atomic E-state index is 11.2. The number of aryl methyl sites for hydroxylation is 2. The molecule has 22 heavy (non-hydrogen) atoms. The highest BCUT2D eigenvalue weighted by Crippen LogP contribution is 2.18. The standard InChI is InChI=1S/C14H19N5O2S/c1-9-4-10(2)6-11(5-9)21-7-12-17-18-14(19(12)15)22-8-13(20)16-3/h4-6H,7-8,15H2,1-3H3,(H,16,20). The van der Waals surface area contributed by atoms with Gasteiger partial charge in [-0.1, -0.05) is 17.8 Å². The fraction of sp³-hybridized carbons (Fsp3) is 0.357. The maximum Gasteiger partial charge on any atom is 0.230 e. The second kappa shape index (κ2) is 7.17. The number of benzene rings is 1. The van der Waals surface area contributed by atoms with Crippen LogP contribution in [0.25, 0.3) is 0 Å². The van der Waals surface area contributed by atoms with Gasteiger partial charge in [0.25, 0.3) is 0 Å². The van der Waals surface area contributed by atoms with E-state index in [1.165, 1.54) is 16.4 Å². The van der Waals surface area contributed by atoms with Gasteiger partial charge in [-0.25, -0.2) is 4.68 Å². The van der Waals surface area contributed by atoms with Gasteiger partial charge in [-0.05, 0) is 37.1 Å². The van der Waals surface area contributed by atoms with Crippen molar-refractivity contribution in [2.45, 2.75) is 25.6 Å². The minimum absolute atomic E-state index is 0.0963. The first-order valence-electron chi connectivity index (χ1n) is 6.73. The summed E-state index contributed by atoms with van der Waals surface area (Å²) < 4.78 is 7.05. The van der Waals surface area contributed by atoms with E-state index in [0.29, 0.717) is 11.0 Å². The number of aromatic nitrogens is 3. The van der Waals surface area contributed by atoms with Crippen LogP contribution in [0.15, 0.2) is 23.4 Å². The Kier molecular flexibility index (Phi) is 5.26. The SMILES string of the molecule is CNC(=O)CSc1nnc(COc2cc(C)cc(C)c2)n1N. The van der Waals surface area contributed by atoms with Crippen molar-refractivity contribution < 1.29 is 9.53 Å². The van der Waals surface area contributed by atoms with Gasteiger partial charge >= 0.3 is 0 Å². The highest BCUT2D eigenvalue weighted by atomic mass is 32.2. The molecule has 0 spiro atoms. The lowest BCUT2D eigenvalue weighted by Crippen LogP contribution is -2.21. The molecule has 3 N–H and O–H groups in total. The van der Waals surface area contributed by atoms with Gasteiger partial charge in [-0.15, -0.1) is 10.2 Å². The average Bonchev–Trinajstić information content (AvgIpc) is 2.82. The van der Waals surface area contributed by atoms with E-state index in [-0.39, 0.29) is 18.3 Å². The number of nitrogens with two attached hydrogens (primary N) is 1. The van der Waals surface area contributed by atoms with E-state index >= 15 is 0 Å². The van der Waals surface area contributed by atoms with E-state index in [4.69, 9.17) is 10.6 Å². The Labute approximate surface area is 133 Å². The monoisotopic (exact) mass is 321 g/mol. The van der Waals surface area contributed by atoms with E-state index in [2.05, 4.69) is 21.6 Å². The van der Waals surface area contributed by atoms with Crippen molar-refractivity contribution in [1.29, 1.82) is 0 Å². The lowest BCUT2D eigenvalue weighted by Gasteiger charge is -2.08. The van der Waals surface area contributed by atoms with Gasteiger partial charge in [0.15, 0.2) is 5.82 Å². The molecule has 0 saturated heterocycles. The summed E-state index contributed by atoms with van der Waals surface area (Å²) >= 11 is 1.22. The molecular weight excluding hydrogens is 302 g/mol. The zero-order valence-corrected chi connectivity index (χ0v) is 13.6. The highest BCUT2D eigenvalue weighted by molar-refractivity contribution is 7.99. The third-order valence-electron chi connectivity index (χ3n) is 2.91. The molecule has 7 nitrogen and oxygen atoms in total. The molecule has 1 heterocycles. The Bertz CT molecular complexity index is 651. The topological polar surface area (TPSA) is 95.1 Å². The molecule has 0 unspecified atom stereocenters. The fourth-order valence-electron chi connectivity index (χ4n) is 1.87. The molecule has 1 amide bonds. The molecule has 0 fully saturated rings. The Morgan fingerprint density at radius 3 is 2.64 bits per heavy atom. The Morgan fingerprint density at radius 2 is 2.00 bits per heavy atom. The number of thioether (sulfide) groups is 1. The number of nitrogens with one attached hydrogen (secondary N) is 1. The van der Waals surface area contributed by atoms with Crippen molar-refractivity contribution in [2.24, 2.45) is 0 Å². The maximum atomic E-state index is 11.2. The van der Waals surface area contributed by atoms with Gasteiger partial charge in [0.05, 0.1) is 5.75 Å². The quantitative estimate of drug-likeness (QED) is 0.609. The van der Waals surface area contributed by atoms with E-state index in [9.17, 15) is 4.79 Å². The number of hydrogen-bond donors (Lipinski definition) is 2. The molecule has 0 bridgehead atoms. The summed E-state index contributed by atoms with van der Waals surface area (Å²) in [5, 5.41) is 11.0. The van der Waals surface area contributed by atoms with Crippen LogP contribution in [0, 0.1) is 13.8 Å². The lowest BCUT2D eigenvalue weighted by atomic mass is 10.1. The van der Waals surface area contributed by atoms with Crippen LogP contribution in [0.4, 0.5) is 0 Å². The number of ether oxygens (including phenoxy) is 1. The molecule has 0 saturated carbocycles. The minimum atomic E-state index is -0.0963. The first-order chi connectivity index (χ1) is 10.5. The third kappa shape index (κ3) is 4.14. The molecule has 0 aliphatic rings. The zero-order chi connectivity index (χ0) is 16.1. The smallest absolute Gasteiger partial charge is 0.230 e. The van der Waals surface area contributed by atoms with Crippen LogP contribution < -0.4 is 15.9 Å². The van der Waals surface area contributed by atoms with Crippen LogP contribution in [0.5, 0.6) is 5.75 Å². The second-order valence-electron chi connectivity index (χ2n) is 4.84. The summed E-state index contributed by atoms with van der Waals surface area (Å²) in [6.45, 7) is 4.24. The lowest BCUT2D eigenvalue weighted by molar-refractivity contribution is -0.118. The Balaban J connectivity index is 1.98. The average molecular weight is 321 g/mol. The molecule has 118 valence electrons. The summed E-state index contributed by atoms with van der Waals surface area (Å²) in [5.41, 5.74) is 2.26. The van der Waals surface area contributed by atoms with Crippen molar-refractivity contribution in [1.82, 2.24) is 20.2 Å². The van der Waals surface area contributed by atoms with Gasteiger partial charge in [0.2, 0.25) is 11.1 Å². The number of carbonyl (C=O) groups is 1. The van der Waals surface area contributed by atoms with E-state index in [1.54, 1.807) is 7.05 Å². The predicted molar refractivity (Wildman–Crippen MR) is 85.2 cm³/mol. The van der Waals surface area contributed by atoms with Crippen LogP contribution in [0.3, 0.4) is 0 Å². The molecule has 1 aromatic heterocycles.